The second-order valence-electron chi connectivity index (χ2n) is 3.21. The molecule has 8 nitrogen and oxygen atoms in total. The van der Waals surface area contributed by atoms with Crippen molar-refractivity contribution in [2.24, 2.45) is 0 Å². The van der Waals surface area contributed by atoms with Crippen molar-refractivity contribution < 1.29 is 23.1 Å². The molecule has 0 spiro atoms. The van der Waals surface area contributed by atoms with Crippen LogP contribution in [0.15, 0.2) is 18.2 Å². The van der Waals surface area contributed by atoms with Crippen molar-refractivity contribution in [1.29, 1.82) is 0 Å². The van der Waals surface area contributed by atoms with Gasteiger partial charge >= 0.3 is 5.97 Å². The summed E-state index contributed by atoms with van der Waals surface area (Å²) in [6.07, 6.45) is 0. The van der Waals surface area contributed by atoms with Crippen LogP contribution >= 0.6 is 0 Å². The molecule has 0 aliphatic carbocycles. The van der Waals surface area contributed by atoms with Gasteiger partial charge in [-0.05, 0) is 12.1 Å². The first kappa shape index (κ1) is 14.4. The van der Waals surface area contributed by atoms with E-state index in [-0.39, 0.29) is 24.7 Å². The number of aromatic carboxylic acids is 1. The third kappa shape index (κ3) is 4.65. The van der Waals surface area contributed by atoms with E-state index in [4.69, 9.17) is 5.11 Å². The summed E-state index contributed by atoms with van der Waals surface area (Å²) in [4.78, 5) is 14.3. The molecule has 18 heavy (non-hydrogen) atoms. The average Bonchev–Trinajstić information content (AvgIpc) is 2.28. The first-order valence-electron chi connectivity index (χ1n) is 4.91. The Morgan fingerprint density at radius 1 is 1.50 bits per heavy atom. The number of methoxy groups -OCH3 is 1. The van der Waals surface area contributed by atoms with Crippen LogP contribution in [0.3, 0.4) is 0 Å². The lowest BCUT2D eigenvalue weighted by Crippen LogP contribution is -2.33. The lowest BCUT2D eigenvalue weighted by molar-refractivity contribution is 0.0690. The number of rotatable bonds is 7. The number of ether oxygens (including phenoxy) is 1. The zero-order valence-corrected chi connectivity index (χ0v) is 10.4. The minimum absolute atomic E-state index is 0.0696. The normalized spacial score (nSPS) is 11.2. The van der Waals surface area contributed by atoms with Gasteiger partial charge in [0.2, 0.25) is 0 Å². The predicted octanol–water partition coefficient (Wildman–Crippen LogP) is -0.328. The van der Waals surface area contributed by atoms with E-state index in [1.807, 2.05) is 0 Å². The zero-order valence-electron chi connectivity index (χ0n) is 9.58. The topological polar surface area (TPSA) is 118 Å². The molecule has 100 valence electrons. The second kappa shape index (κ2) is 6.28. The van der Waals surface area contributed by atoms with Crippen molar-refractivity contribution in [2.75, 3.05) is 25.0 Å². The number of hydrogen-bond donors (Lipinski definition) is 3. The molecular weight excluding hydrogens is 262 g/mol. The largest absolute Gasteiger partial charge is 0.477 e. The summed E-state index contributed by atoms with van der Waals surface area (Å²) in [6, 6.07) is 4.00. The average molecular weight is 275 g/mol. The summed E-state index contributed by atoms with van der Waals surface area (Å²) in [7, 11) is -2.34. The number of carbonyl (C=O) groups is 1. The van der Waals surface area contributed by atoms with Crippen molar-refractivity contribution >= 4 is 22.0 Å². The lowest BCUT2D eigenvalue weighted by atomic mass is 10.3. The number of aromatic nitrogens is 1. The molecule has 1 rings (SSSR count). The number of anilines is 1. The molecule has 0 unspecified atom stereocenters. The van der Waals surface area contributed by atoms with Gasteiger partial charge in [-0.25, -0.2) is 9.78 Å². The highest BCUT2D eigenvalue weighted by atomic mass is 32.2. The SMILES string of the molecule is COCCNS(=O)(=O)Nc1cccc(C(=O)O)n1. The molecule has 0 amide bonds. The van der Waals surface area contributed by atoms with E-state index in [9.17, 15) is 13.2 Å². The van der Waals surface area contributed by atoms with Gasteiger partial charge in [-0.15, -0.1) is 0 Å². The van der Waals surface area contributed by atoms with Crippen LogP contribution in [-0.2, 0) is 14.9 Å². The molecule has 0 aromatic carbocycles. The van der Waals surface area contributed by atoms with E-state index in [1.165, 1.54) is 25.3 Å². The fourth-order valence-corrected chi connectivity index (χ4v) is 1.88. The molecule has 1 aromatic heterocycles. The van der Waals surface area contributed by atoms with E-state index < -0.39 is 16.2 Å². The van der Waals surface area contributed by atoms with Gasteiger partial charge in [-0.2, -0.15) is 13.1 Å². The number of nitrogens with one attached hydrogen (secondary N) is 2. The van der Waals surface area contributed by atoms with Gasteiger partial charge < -0.3 is 9.84 Å². The van der Waals surface area contributed by atoms with Crippen LogP contribution in [0, 0.1) is 0 Å². The molecule has 0 aliphatic rings. The lowest BCUT2D eigenvalue weighted by Gasteiger charge is -2.08. The third-order valence-corrected chi connectivity index (χ3v) is 2.87. The molecule has 0 aliphatic heterocycles. The molecule has 0 saturated carbocycles. The predicted molar refractivity (Wildman–Crippen MR) is 63.6 cm³/mol. The van der Waals surface area contributed by atoms with E-state index >= 15 is 0 Å². The van der Waals surface area contributed by atoms with Crippen molar-refractivity contribution in [2.45, 2.75) is 0 Å². The molecule has 1 heterocycles. The summed E-state index contributed by atoms with van der Waals surface area (Å²) < 4.78 is 32.0. The highest BCUT2D eigenvalue weighted by molar-refractivity contribution is 7.90. The molecule has 0 atom stereocenters. The number of carboxylic acids is 1. The fraction of sp³-hybridized carbons (Fsp3) is 0.333. The Labute approximate surface area is 104 Å². The Kier molecular flexibility index (Phi) is 5.01. The Balaban J connectivity index is 2.72. The summed E-state index contributed by atoms with van der Waals surface area (Å²) in [5.74, 6) is -1.30. The highest BCUT2D eigenvalue weighted by Gasteiger charge is 2.11. The minimum Gasteiger partial charge on any atom is -0.477 e. The standard InChI is InChI=1S/C9H13N3O5S/c1-17-6-5-10-18(15,16)12-8-4-2-3-7(11-8)9(13)14/h2-4,10H,5-6H2,1H3,(H,11,12)(H,13,14). The minimum atomic E-state index is -3.78. The highest BCUT2D eigenvalue weighted by Crippen LogP contribution is 2.06. The summed E-state index contributed by atoms with van der Waals surface area (Å²) in [5.41, 5.74) is -0.243. The Morgan fingerprint density at radius 2 is 2.22 bits per heavy atom. The summed E-state index contributed by atoms with van der Waals surface area (Å²) >= 11 is 0. The van der Waals surface area contributed by atoms with Crippen molar-refractivity contribution in [3.05, 3.63) is 23.9 Å². The van der Waals surface area contributed by atoms with Gasteiger partial charge in [-0.1, -0.05) is 6.07 Å². The van der Waals surface area contributed by atoms with Crippen LogP contribution < -0.4 is 9.44 Å². The smallest absolute Gasteiger partial charge is 0.354 e. The maximum atomic E-state index is 11.5. The van der Waals surface area contributed by atoms with Gasteiger partial charge in [0.05, 0.1) is 6.61 Å². The monoisotopic (exact) mass is 275 g/mol. The van der Waals surface area contributed by atoms with Crippen LogP contribution in [-0.4, -0.2) is 44.7 Å². The molecule has 1 aromatic rings. The van der Waals surface area contributed by atoms with Crippen molar-refractivity contribution in [1.82, 2.24) is 9.71 Å². The van der Waals surface area contributed by atoms with Crippen LogP contribution in [0.2, 0.25) is 0 Å². The van der Waals surface area contributed by atoms with Crippen LogP contribution in [0.5, 0.6) is 0 Å². The van der Waals surface area contributed by atoms with Crippen LogP contribution in [0.1, 0.15) is 10.5 Å². The van der Waals surface area contributed by atoms with E-state index in [0.29, 0.717) is 0 Å². The Hall–Kier alpha value is -1.71. The van der Waals surface area contributed by atoms with E-state index in [1.54, 1.807) is 0 Å². The molecule has 0 bridgehead atoms. The van der Waals surface area contributed by atoms with Crippen molar-refractivity contribution in [3.63, 3.8) is 0 Å². The molecule has 9 heteroatoms. The van der Waals surface area contributed by atoms with Gasteiger partial charge in [0.1, 0.15) is 5.82 Å². The van der Waals surface area contributed by atoms with Crippen LogP contribution in [0.25, 0.3) is 0 Å². The number of pyridine rings is 1. The molecule has 0 saturated heterocycles. The Morgan fingerprint density at radius 3 is 2.83 bits per heavy atom. The Bertz CT molecular complexity index is 517. The second-order valence-corrected chi connectivity index (χ2v) is 4.71. The van der Waals surface area contributed by atoms with E-state index in [0.717, 1.165) is 0 Å². The van der Waals surface area contributed by atoms with Gasteiger partial charge in [0.25, 0.3) is 10.2 Å². The molecule has 0 radical (unpaired) electrons. The molecular formula is C9H13N3O5S. The quantitative estimate of drug-likeness (QED) is 0.587. The van der Waals surface area contributed by atoms with Gasteiger partial charge in [-0.3, -0.25) is 4.72 Å². The number of hydrogen-bond acceptors (Lipinski definition) is 5. The number of nitrogens with zero attached hydrogens (tertiary/aromatic N) is 1. The van der Waals surface area contributed by atoms with Gasteiger partial charge in [0.15, 0.2) is 5.69 Å². The first-order chi connectivity index (χ1) is 8.44. The number of carboxylic acid groups (broad SMARTS) is 1. The van der Waals surface area contributed by atoms with E-state index in [2.05, 4.69) is 19.2 Å². The zero-order chi connectivity index (χ0) is 13.6. The summed E-state index contributed by atoms with van der Waals surface area (Å²) in [5, 5.41) is 8.71. The third-order valence-electron chi connectivity index (χ3n) is 1.81. The maximum absolute atomic E-state index is 11.5. The fourth-order valence-electron chi connectivity index (χ4n) is 1.06. The first-order valence-corrected chi connectivity index (χ1v) is 6.39. The van der Waals surface area contributed by atoms with Gasteiger partial charge in [0, 0.05) is 13.7 Å². The van der Waals surface area contributed by atoms with Crippen molar-refractivity contribution in [3.8, 4) is 0 Å². The maximum Gasteiger partial charge on any atom is 0.354 e. The summed E-state index contributed by atoms with van der Waals surface area (Å²) in [6.45, 7) is 0.327. The van der Waals surface area contributed by atoms with Crippen LogP contribution in [0.4, 0.5) is 5.82 Å². The molecule has 0 fully saturated rings. The molecule has 3 N–H and O–H groups in total.